The predicted octanol–water partition coefficient (Wildman–Crippen LogP) is 5.50. The van der Waals surface area contributed by atoms with Gasteiger partial charge in [-0.1, -0.05) is 17.7 Å². The van der Waals surface area contributed by atoms with Crippen molar-refractivity contribution in [3.05, 3.63) is 89.3 Å². The van der Waals surface area contributed by atoms with Gasteiger partial charge in [0, 0.05) is 66.5 Å². The van der Waals surface area contributed by atoms with Gasteiger partial charge < -0.3 is 10.2 Å². The number of carbonyl (C=O) groups excluding carboxylic acids is 1. The second kappa shape index (κ2) is 10.2. The molecule has 1 aromatic carbocycles. The van der Waals surface area contributed by atoms with E-state index in [0.717, 1.165) is 59.5 Å². The van der Waals surface area contributed by atoms with E-state index in [4.69, 9.17) is 16.6 Å². The minimum atomic E-state index is -0.617. The molecule has 1 amide bonds. The number of halogens is 2. The Balaban J connectivity index is 1.09. The smallest absolute Gasteiger partial charge is 0.256 e. The molecule has 2 fully saturated rings. The molecule has 1 saturated heterocycles. The third kappa shape index (κ3) is 4.79. The number of aryl methyl sites for hydroxylation is 1. The van der Waals surface area contributed by atoms with Crippen LogP contribution in [0, 0.1) is 29.0 Å². The zero-order valence-corrected chi connectivity index (χ0v) is 24.4. The molecule has 1 N–H and O–H groups in total. The zero-order chi connectivity index (χ0) is 29.9. The Morgan fingerprint density at radius 1 is 1.07 bits per heavy atom. The van der Waals surface area contributed by atoms with Crippen LogP contribution < -0.4 is 10.2 Å². The topological polar surface area (TPSA) is 104 Å². The fourth-order valence-corrected chi connectivity index (χ4v) is 7.12. The minimum Gasteiger partial charge on any atom is -0.356 e. The first kappa shape index (κ1) is 27.1. The lowest BCUT2D eigenvalue weighted by atomic mass is 9.97. The number of nitrogens with zero attached hydrogens (tertiary/aromatic N) is 7. The summed E-state index contributed by atoms with van der Waals surface area (Å²) in [6, 6.07) is 12.6. The van der Waals surface area contributed by atoms with Crippen molar-refractivity contribution in [2.75, 3.05) is 18.0 Å². The minimum absolute atomic E-state index is 0.102. The van der Waals surface area contributed by atoms with Gasteiger partial charge in [0.1, 0.15) is 17.7 Å². The van der Waals surface area contributed by atoms with E-state index in [1.54, 1.807) is 21.6 Å². The van der Waals surface area contributed by atoms with Crippen molar-refractivity contribution in [2.24, 2.45) is 18.9 Å². The SMILES string of the molecule is Cn1cc(-c2cc(-c3ccc(N4C[C@@H]5C[C@@](C)(NC(=O)c6c(F)cccc6Cl)C[C@@H]5C4)nc3)c3c(C#N)cnn3c2)cn1. The maximum Gasteiger partial charge on any atom is 0.256 e. The van der Waals surface area contributed by atoms with E-state index in [-0.39, 0.29) is 10.6 Å². The van der Waals surface area contributed by atoms with Crippen LogP contribution in [0.5, 0.6) is 0 Å². The zero-order valence-electron chi connectivity index (χ0n) is 23.6. The third-order valence-corrected chi connectivity index (χ3v) is 9.08. The Labute approximate surface area is 252 Å². The first-order chi connectivity index (χ1) is 20.7. The molecule has 5 heterocycles. The van der Waals surface area contributed by atoms with Crippen molar-refractivity contribution in [1.82, 2.24) is 29.7 Å². The second-order valence-corrected chi connectivity index (χ2v) is 12.3. The number of benzene rings is 1. The third-order valence-electron chi connectivity index (χ3n) is 8.76. The van der Waals surface area contributed by atoms with Gasteiger partial charge in [-0.15, -0.1) is 0 Å². The van der Waals surface area contributed by atoms with Crippen molar-refractivity contribution in [3.8, 4) is 28.3 Å². The summed E-state index contributed by atoms with van der Waals surface area (Å²) >= 11 is 6.13. The number of hydrogen-bond donors (Lipinski definition) is 1. The number of hydrogen-bond acceptors (Lipinski definition) is 6. The average Bonchev–Trinajstić information content (AvgIpc) is 3.75. The van der Waals surface area contributed by atoms with Crippen LogP contribution >= 0.6 is 11.6 Å². The molecule has 1 saturated carbocycles. The number of fused-ring (bicyclic) bond motifs is 2. The summed E-state index contributed by atoms with van der Waals surface area (Å²) in [7, 11) is 1.87. The maximum atomic E-state index is 14.3. The van der Waals surface area contributed by atoms with Gasteiger partial charge in [-0.2, -0.15) is 15.5 Å². The predicted molar refractivity (Wildman–Crippen MR) is 161 cm³/mol. The summed E-state index contributed by atoms with van der Waals surface area (Å²) in [5.74, 6) is 0.552. The summed E-state index contributed by atoms with van der Waals surface area (Å²) in [5.41, 5.74) is 4.34. The highest BCUT2D eigenvalue weighted by molar-refractivity contribution is 6.33. The Morgan fingerprint density at radius 3 is 2.51 bits per heavy atom. The van der Waals surface area contributed by atoms with Crippen LogP contribution in [0.15, 0.2) is 67.4 Å². The number of anilines is 1. The first-order valence-electron chi connectivity index (χ1n) is 14.1. The van der Waals surface area contributed by atoms with E-state index in [2.05, 4.69) is 32.5 Å². The van der Waals surface area contributed by atoms with Crippen molar-refractivity contribution >= 4 is 28.8 Å². The van der Waals surface area contributed by atoms with Gasteiger partial charge in [0.05, 0.1) is 34.1 Å². The molecule has 5 aromatic rings. The molecule has 0 bridgehead atoms. The highest BCUT2D eigenvalue weighted by atomic mass is 35.5. The molecular weight excluding hydrogens is 567 g/mol. The molecule has 4 aromatic heterocycles. The van der Waals surface area contributed by atoms with Crippen molar-refractivity contribution in [3.63, 3.8) is 0 Å². The van der Waals surface area contributed by atoms with E-state index in [0.29, 0.717) is 17.4 Å². The number of carbonyl (C=O) groups is 1. The first-order valence-corrected chi connectivity index (χ1v) is 14.5. The molecule has 0 unspecified atom stereocenters. The van der Waals surface area contributed by atoms with Crippen LogP contribution in [0.2, 0.25) is 5.02 Å². The Hall–Kier alpha value is -4.75. The highest BCUT2D eigenvalue weighted by Gasteiger charge is 2.48. The maximum absolute atomic E-state index is 14.3. The standard InChI is InChI=1S/C32H28ClFN8O/c1-32(39-31(43)29-26(33)4-3-5-27(29)34)9-21-16-41(17-22(21)10-32)28-7-6-19(12-36-28)25-8-20(24-14-37-40(2)15-24)18-42-30(25)23(11-35)13-38-42/h3-8,12-15,18,21-22H,9-10,16-17H2,1-2H3,(H,39,43)/t21-,22+,32+. The van der Waals surface area contributed by atoms with Crippen LogP contribution in [-0.2, 0) is 7.05 Å². The number of nitriles is 1. The van der Waals surface area contributed by atoms with Crippen molar-refractivity contribution < 1.29 is 9.18 Å². The summed E-state index contributed by atoms with van der Waals surface area (Å²) in [6.07, 6.45) is 10.7. The summed E-state index contributed by atoms with van der Waals surface area (Å²) in [4.78, 5) is 20.0. The summed E-state index contributed by atoms with van der Waals surface area (Å²) in [6.45, 7) is 3.68. The van der Waals surface area contributed by atoms with Crippen molar-refractivity contribution in [2.45, 2.75) is 25.3 Å². The molecule has 1 aliphatic heterocycles. The molecule has 3 atom stereocenters. The van der Waals surface area contributed by atoms with Gasteiger partial charge in [0.15, 0.2) is 0 Å². The fourth-order valence-electron chi connectivity index (χ4n) is 6.87. The molecule has 11 heteroatoms. The summed E-state index contributed by atoms with van der Waals surface area (Å²) in [5, 5.41) is 21.6. The van der Waals surface area contributed by atoms with Gasteiger partial charge in [-0.25, -0.2) is 13.9 Å². The van der Waals surface area contributed by atoms with Gasteiger partial charge in [0.25, 0.3) is 5.91 Å². The van der Waals surface area contributed by atoms with Gasteiger partial charge in [-0.3, -0.25) is 9.48 Å². The van der Waals surface area contributed by atoms with E-state index < -0.39 is 17.3 Å². The molecule has 0 spiro atoms. The molecule has 9 nitrogen and oxygen atoms in total. The quantitative estimate of drug-likeness (QED) is 0.288. The molecule has 216 valence electrons. The van der Waals surface area contributed by atoms with Crippen LogP contribution in [0.25, 0.3) is 27.8 Å². The monoisotopic (exact) mass is 594 g/mol. The average molecular weight is 595 g/mol. The van der Waals surface area contributed by atoms with Crippen LogP contribution in [0.4, 0.5) is 10.2 Å². The molecule has 43 heavy (non-hydrogen) atoms. The fraction of sp³-hybridized carbons (Fsp3) is 0.281. The van der Waals surface area contributed by atoms with E-state index >= 15 is 0 Å². The molecular formula is C32H28ClFN8O. The molecule has 7 rings (SSSR count). The number of nitrogens with one attached hydrogen (secondary N) is 1. The lowest BCUT2D eigenvalue weighted by Crippen LogP contribution is -2.45. The number of aromatic nitrogens is 5. The van der Waals surface area contributed by atoms with Crippen LogP contribution in [-0.4, -0.2) is 48.9 Å². The highest BCUT2D eigenvalue weighted by Crippen LogP contribution is 2.45. The van der Waals surface area contributed by atoms with Gasteiger partial charge in [-0.05, 0) is 61.9 Å². The van der Waals surface area contributed by atoms with Crippen LogP contribution in [0.3, 0.4) is 0 Å². The van der Waals surface area contributed by atoms with Gasteiger partial charge >= 0.3 is 0 Å². The molecule has 1 aliphatic carbocycles. The molecule has 0 radical (unpaired) electrons. The number of rotatable bonds is 5. The van der Waals surface area contributed by atoms with Crippen molar-refractivity contribution in [1.29, 1.82) is 5.26 Å². The van der Waals surface area contributed by atoms with Gasteiger partial charge in [0.2, 0.25) is 0 Å². The number of amides is 1. The largest absolute Gasteiger partial charge is 0.356 e. The number of pyridine rings is 2. The van der Waals surface area contributed by atoms with E-state index in [1.165, 1.54) is 18.2 Å². The van der Waals surface area contributed by atoms with E-state index in [1.807, 2.05) is 44.7 Å². The lowest BCUT2D eigenvalue weighted by molar-refractivity contribution is 0.0901. The lowest BCUT2D eigenvalue weighted by Gasteiger charge is -2.29. The normalized spacial score (nSPS) is 21.2. The van der Waals surface area contributed by atoms with E-state index in [9.17, 15) is 14.4 Å². The summed E-state index contributed by atoms with van der Waals surface area (Å²) < 4.78 is 17.8. The Morgan fingerprint density at radius 2 is 1.86 bits per heavy atom. The van der Waals surface area contributed by atoms with Crippen LogP contribution in [0.1, 0.15) is 35.7 Å². The Kier molecular flexibility index (Phi) is 6.43. The second-order valence-electron chi connectivity index (χ2n) is 11.9. The Bertz CT molecular complexity index is 1890. The molecule has 2 aliphatic rings.